The van der Waals surface area contributed by atoms with E-state index in [0.717, 1.165) is 17.7 Å². The zero-order chi connectivity index (χ0) is 22.0. The van der Waals surface area contributed by atoms with Gasteiger partial charge in [0.1, 0.15) is 6.54 Å². The van der Waals surface area contributed by atoms with Gasteiger partial charge in [-0.2, -0.15) is 0 Å². The first-order valence-corrected chi connectivity index (χ1v) is 10.4. The molecule has 2 heterocycles. The second-order valence-electron chi connectivity index (χ2n) is 7.57. The zero-order valence-electron chi connectivity index (χ0n) is 17.3. The van der Waals surface area contributed by atoms with E-state index in [9.17, 15) is 19.2 Å². The standard InChI is InChI=1S/C23H24N4O4/c1-2-25-13-14-26(23(31)22(25)30)15-20(28)24-18-9-7-17(8-10-18)21(29)27-12-11-16-5-3-4-6-19(16)27/h3-10H,2,11-15H2,1H3,(H,24,28). The summed E-state index contributed by atoms with van der Waals surface area (Å²) in [6.45, 7) is 3.49. The molecule has 0 aromatic heterocycles. The number of carbonyl (C=O) groups excluding carboxylic acids is 4. The van der Waals surface area contributed by atoms with E-state index in [4.69, 9.17) is 0 Å². The molecule has 2 aliphatic rings. The fraction of sp³-hybridized carbons (Fsp3) is 0.304. The quantitative estimate of drug-likeness (QED) is 0.743. The van der Waals surface area contributed by atoms with E-state index in [1.807, 2.05) is 31.2 Å². The van der Waals surface area contributed by atoms with Crippen LogP contribution in [0.2, 0.25) is 0 Å². The van der Waals surface area contributed by atoms with Crippen LogP contribution in [0.25, 0.3) is 0 Å². The van der Waals surface area contributed by atoms with Gasteiger partial charge in [-0.1, -0.05) is 18.2 Å². The van der Waals surface area contributed by atoms with Crippen LogP contribution in [-0.4, -0.2) is 66.2 Å². The highest BCUT2D eigenvalue weighted by Gasteiger charge is 2.32. The van der Waals surface area contributed by atoms with Crippen LogP contribution < -0.4 is 10.2 Å². The maximum atomic E-state index is 12.9. The van der Waals surface area contributed by atoms with Crippen molar-refractivity contribution in [2.45, 2.75) is 13.3 Å². The van der Waals surface area contributed by atoms with Gasteiger partial charge in [0.15, 0.2) is 0 Å². The Hall–Kier alpha value is -3.68. The molecule has 160 valence electrons. The lowest BCUT2D eigenvalue weighted by Gasteiger charge is -2.32. The van der Waals surface area contributed by atoms with Crippen LogP contribution in [0, 0.1) is 0 Å². The van der Waals surface area contributed by atoms with Gasteiger partial charge in [-0.05, 0) is 49.2 Å². The van der Waals surface area contributed by atoms with Gasteiger partial charge in [-0.15, -0.1) is 0 Å². The summed E-state index contributed by atoms with van der Waals surface area (Å²) in [5.41, 5.74) is 3.15. The summed E-state index contributed by atoms with van der Waals surface area (Å²) in [7, 11) is 0. The highest BCUT2D eigenvalue weighted by Crippen LogP contribution is 2.29. The van der Waals surface area contributed by atoms with Crippen LogP contribution >= 0.6 is 0 Å². The summed E-state index contributed by atoms with van der Waals surface area (Å²) in [4.78, 5) is 53.8. The summed E-state index contributed by atoms with van der Waals surface area (Å²) < 4.78 is 0. The maximum absolute atomic E-state index is 12.9. The first-order valence-electron chi connectivity index (χ1n) is 10.4. The van der Waals surface area contributed by atoms with Crippen LogP contribution in [0.5, 0.6) is 0 Å². The highest BCUT2D eigenvalue weighted by molar-refractivity contribution is 6.35. The number of nitrogens with one attached hydrogen (secondary N) is 1. The molecule has 1 saturated heterocycles. The number of fused-ring (bicyclic) bond motifs is 1. The van der Waals surface area contributed by atoms with Crippen molar-refractivity contribution >= 4 is 35.0 Å². The number of anilines is 2. The van der Waals surface area contributed by atoms with Crippen LogP contribution in [-0.2, 0) is 20.8 Å². The van der Waals surface area contributed by atoms with Gasteiger partial charge in [0, 0.05) is 43.1 Å². The largest absolute Gasteiger partial charge is 0.333 e. The van der Waals surface area contributed by atoms with Crippen LogP contribution in [0.15, 0.2) is 48.5 Å². The Labute approximate surface area is 180 Å². The summed E-state index contributed by atoms with van der Waals surface area (Å²) in [5, 5.41) is 2.72. The summed E-state index contributed by atoms with van der Waals surface area (Å²) >= 11 is 0. The molecule has 0 aliphatic carbocycles. The molecule has 8 heteroatoms. The molecule has 2 aromatic carbocycles. The summed E-state index contributed by atoms with van der Waals surface area (Å²) in [6, 6.07) is 14.5. The smallest absolute Gasteiger partial charge is 0.312 e. The molecule has 0 saturated carbocycles. The van der Waals surface area contributed by atoms with Crippen molar-refractivity contribution in [1.82, 2.24) is 9.80 Å². The number of piperazine rings is 1. The first kappa shape index (κ1) is 20.6. The molecule has 1 N–H and O–H groups in total. The molecule has 0 spiro atoms. The first-order chi connectivity index (χ1) is 15.0. The second-order valence-corrected chi connectivity index (χ2v) is 7.57. The van der Waals surface area contributed by atoms with Gasteiger partial charge in [-0.3, -0.25) is 19.2 Å². The number of hydrogen-bond acceptors (Lipinski definition) is 4. The number of para-hydroxylation sites is 1. The van der Waals surface area contributed by atoms with E-state index in [1.54, 1.807) is 29.2 Å². The lowest BCUT2D eigenvalue weighted by atomic mass is 10.1. The second kappa shape index (κ2) is 8.59. The summed E-state index contributed by atoms with van der Waals surface area (Å²) in [5.74, 6) is -1.71. The van der Waals surface area contributed by atoms with Crippen LogP contribution in [0.3, 0.4) is 0 Å². The van der Waals surface area contributed by atoms with Gasteiger partial charge >= 0.3 is 11.8 Å². The van der Waals surface area contributed by atoms with Gasteiger partial charge in [0.25, 0.3) is 5.91 Å². The Bertz CT molecular complexity index is 1030. The van der Waals surface area contributed by atoms with Crippen molar-refractivity contribution < 1.29 is 19.2 Å². The van der Waals surface area contributed by atoms with Crippen molar-refractivity contribution in [3.8, 4) is 0 Å². The predicted molar refractivity (Wildman–Crippen MR) is 116 cm³/mol. The van der Waals surface area contributed by atoms with E-state index in [2.05, 4.69) is 5.32 Å². The third-order valence-corrected chi connectivity index (χ3v) is 5.66. The fourth-order valence-corrected chi connectivity index (χ4v) is 3.94. The van der Waals surface area contributed by atoms with Crippen molar-refractivity contribution in [3.05, 3.63) is 59.7 Å². The molecule has 0 unspecified atom stereocenters. The van der Waals surface area contributed by atoms with Gasteiger partial charge in [0.05, 0.1) is 0 Å². The molecule has 4 amide bonds. The lowest BCUT2D eigenvalue weighted by Crippen LogP contribution is -2.55. The fourth-order valence-electron chi connectivity index (χ4n) is 3.94. The molecule has 0 radical (unpaired) electrons. The molecule has 1 fully saturated rings. The Morgan fingerprint density at radius 1 is 0.903 bits per heavy atom. The van der Waals surface area contributed by atoms with E-state index in [0.29, 0.717) is 37.4 Å². The van der Waals surface area contributed by atoms with Gasteiger partial charge in [0.2, 0.25) is 5.91 Å². The molecule has 0 atom stereocenters. The van der Waals surface area contributed by atoms with Gasteiger partial charge in [-0.25, -0.2) is 0 Å². The maximum Gasteiger partial charge on any atom is 0.312 e. The average Bonchev–Trinajstić information content (AvgIpc) is 3.21. The lowest BCUT2D eigenvalue weighted by molar-refractivity contribution is -0.156. The van der Waals surface area contributed by atoms with E-state index in [1.165, 1.54) is 9.80 Å². The normalized spacial score (nSPS) is 15.8. The Morgan fingerprint density at radius 3 is 2.32 bits per heavy atom. The molecule has 4 rings (SSSR count). The van der Waals surface area contributed by atoms with Crippen molar-refractivity contribution in [2.24, 2.45) is 0 Å². The number of likely N-dealkylation sites (N-methyl/N-ethyl adjacent to an activating group) is 1. The SMILES string of the molecule is CCN1CCN(CC(=O)Nc2ccc(C(=O)N3CCc4ccccc43)cc2)C(=O)C1=O. The van der Waals surface area contributed by atoms with Crippen LogP contribution in [0.1, 0.15) is 22.8 Å². The van der Waals surface area contributed by atoms with Crippen molar-refractivity contribution in [2.75, 3.05) is 42.9 Å². The number of carbonyl (C=O) groups is 4. The average molecular weight is 420 g/mol. The minimum absolute atomic E-state index is 0.0827. The highest BCUT2D eigenvalue weighted by atomic mass is 16.2. The van der Waals surface area contributed by atoms with Gasteiger partial charge < -0.3 is 20.0 Å². The monoisotopic (exact) mass is 420 g/mol. The van der Waals surface area contributed by atoms with Crippen molar-refractivity contribution in [1.29, 1.82) is 0 Å². The Morgan fingerprint density at radius 2 is 1.58 bits per heavy atom. The summed E-state index contributed by atoms with van der Waals surface area (Å²) in [6.07, 6.45) is 0.837. The molecular formula is C23H24N4O4. The minimum atomic E-state index is -0.657. The topological polar surface area (TPSA) is 90.0 Å². The number of nitrogens with zero attached hydrogens (tertiary/aromatic N) is 3. The number of rotatable bonds is 5. The molecular weight excluding hydrogens is 396 g/mol. The van der Waals surface area contributed by atoms with E-state index in [-0.39, 0.29) is 12.5 Å². The molecule has 2 aromatic rings. The number of benzene rings is 2. The minimum Gasteiger partial charge on any atom is -0.333 e. The third-order valence-electron chi connectivity index (χ3n) is 5.66. The van der Waals surface area contributed by atoms with E-state index >= 15 is 0 Å². The molecule has 0 bridgehead atoms. The number of hydrogen-bond donors (Lipinski definition) is 1. The van der Waals surface area contributed by atoms with Crippen LogP contribution in [0.4, 0.5) is 11.4 Å². The number of amides is 4. The third kappa shape index (κ3) is 4.14. The predicted octanol–water partition coefficient (Wildman–Crippen LogP) is 1.52. The zero-order valence-corrected chi connectivity index (χ0v) is 17.3. The molecule has 8 nitrogen and oxygen atoms in total. The van der Waals surface area contributed by atoms with Crippen molar-refractivity contribution in [3.63, 3.8) is 0 Å². The molecule has 31 heavy (non-hydrogen) atoms. The Kier molecular flexibility index (Phi) is 5.70. The molecule has 2 aliphatic heterocycles. The van der Waals surface area contributed by atoms with E-state index < -0.39 is 17.7 Å². The Balaban J connectivity index is 1.36.